The topological polar surface area (TPSA) is 86.2 Å². The lowest BCUT2D eigenvalue weighted by atomic mass is 9.47. The van der Waals surface area contributed by atoms with Crippen molar-refractivity contribution in [2.24, 2.45) is 33.6 Å². The Bertz CT molecular complexity index is 605. The summed E-state index contributed by atoms with van der Waals surface area (Å²) in [6.07, 6.45) is 9.29. The first-order valence-electron chi connectivity index (χ1n) is 9.45. The Hall–Kier alpha value is -1.26. The van der Waals surface area contributed by atoms with Gasteiger partial charge in [0.05, 0.1) is 0 Å². The van der Waals surface area contributed by atoms with Crippen LogP contribution in [0.3, 0.4) is 0 Å². The van der Waals surface area contributed by atoms with E-state index in [2.05, 4.69) is 19.9 Å². The Morgan fingerprint density at radius 2 is 2.04 bits per heavy atom. The summed E-state index contributed by atoms with van der Waals surface area (Å²) in [5.41, 5.74) is 13.4. The van der Waals surface area contributed by atoms with Crippen molar-refractivity contribution in [2.45, 2.75) is 59.8 Å². The van der Waals surface area contributed by atoms with Gasteiger partial charge < -0.3 is 16.3 Å². The number of allylic oxidation sites excluding steroid dienone is 2. The molecular weight excluding hydrogens is 312 g/mol. The van der Waals surface area contributed by atoms with Gasteiger partial charge in [-0.25, -0.2) is 0 Å². The molecule has 0 aromatic carbocycles. The van der Waals surface area contributed by atoms with Crippen LogP contribution in [0.5, 0.6) is 0 Å². The molecule has 2 rings (SSSR count). The lowest BCUT2D eigenvalue weighted by Crippen LogP contribution is -2.52. The molecule has 4 heteroatoms. The van der Waals surface area contributed by atoms with E-state index < -0.39 is 5.41 Å². The van der Waals surface area contributed by atoms with Gasteiger partial charge in [-0.05, 0) is 56.7 Å². The first kappa shape index (κ1) is 20.1. The lowest BCUT2D eigenvalue weighted by molar-refractivity contribution is -0.120. The number of rotatable bonds is 6. The van der Waals surface area contributed by atoms with Crippen molar-refractivity contribution in [3.8, 4) is 0 Å². The van der Waals surface area contributed by atoms with Crippen molar-refractivity contribution in [2.75, 3.05) is 13.1 Å². The van der Waals surface area contributed by atoms with Crippen LogP contribution in [0.25, 0.3) is 0 Å². The lowest BCUT2D eigenvalue weighted by Gasteiger charge is -2.56. The fourth-order valence-electron chi connectivity index (χ4n) is 5.31. The van der Waals surface area contributed by atoms with Crippen LogP contribution in [0.2, 0.25) is 0 Å². The molecule has 0 spiro atoms. The minimum absolute atomic E-state index is 0.113. The minimum atomic E-state index is -0.462. The number of hydrogen-bond donors (Lipinski definition) is 2. The van der Waals surface area contributed by atoms with Crippen LogP contribution in [0, 0.1) is 22.2 Å². The van der Waals surface area contributed by atoms with Crippen molar-refractivity contribution in [1.82, 2.24) is 0 Å². The van der Waals surface area contributed by atoms with E-state index in [-0.39, 0.29) is 22.5 Å². The Morgan fingerprint density at radius 3 is 2.60 bits per heavy atom. The van der Waals surface area contributed by atoms with E-state index in [0.29, 0.717) is 19.5 Å². The highest BCUT2D eigenvalue weighted by Crippen LogP contribution is 2.61. The largest absolute Gasteiger partial charge is 0.330 e. The van der Waals surface area contributed by atoms with E-state index in [4.69, 9.17) is 11.5 Å². The molecule has 3 unspecified atom stereocenters. The van der Waals surface area contributed by atoms with Crippen LogP contribution >= 0.6 is 0 Å². The Morgan fingerprint density at radius 1 is 1.36 bits per heavy atom. The van der Waals surface area contributed by atoms with Gasteiger partial charge in [0.25, 0.3) is 0 Å². The van der Waals surface area contributed by atoms with Gasteiger partial charge in [-0.15, -0.1) is 0 Å². The number of carbonyl (C=O) groups is 2. The standard InChI is InChI=1S/C21H34N2O2/c1-15(7-10-22)12-20(4)17(19(2,3)14-24)6-9-21(13-23)8-5-16(25)11-18(20)21/h11-12,14,17H,5-10,13,22-23H2,1-4H3/b15-12+. The molecule has 25 heavy (non-hydrogen) atoms. The summed E-state index contributed by atoms with van der Waals surface area (Å²) in [4.78, 5) is 24.1. The molecule has 2 aliphatic carbocycles. The highest BCUT2D eigenvalue weighted by molar-refractivity contribution is 5.92. The molecule has 0 heterocycles. The molecular formula is C21H34N2O2. The van der Waals surface area contributed by atoms with E-state index in [1.807, 2.05) is 19.9 Å². The van der Waals surface area contributed by atoms with Gasteiger partial charge in [0.15, 0.2) is 5.78 Å². The zero-order valence-corrected chi connectivity index (χ0v) is 16.2. The minimum Gasteiger partial charge on any atom is -0.330 e. The molecule has 4 N–H and O–H groups in total. The second-order valence-electron chi connectivity index (χ2n) is 8.85. The Labute approximate surface area is 152 Å². The maximum Gasteiger partial charge on any atom is 0.155 e. The summed E-state index contributed by atoms with van der Waals surface area (Å²) in [6, 6.07) is 0. The summed E-state index contributed by atoms with van der Waals surface area (Å²) in [5, 5.41) is 0. The quantitative estimate of drug-likeness (QED) is 0.571. The molecule has 0 radical (unpaired) electrons. The van der Waals surface area contributed by atoms with Gasteiger partial charge in [0.2, 0.25) is 0 Å². The van der Waals surface area contributed by atoms with Crippen LogP contribution < -0.4 is 11.5 Å². The molecule has 2 aliphatic rings. The highest BCUT2D eigenvalue weighted by atomic mass is 16.1. The van der Waals surface area contributed by atoms with Crippen molar-refractivity contribution in [3.63, 3.8) is 0 Å². The van der Waals surface area contributed by atoms with Crippen molar-refractivity contribution < 1.29 is 9.59 Å². The first-order valence-corrected chi connectivity index (χ1v) is 9.45. The second kappa shape index (κ2) is 7.16. The number of ketones is 1. The van der Waals surface area contributed by atoms with Crippen LogP contribution in [-0.2, 0) is 9.59 Å². The van der Waals surface area contributed by atoms with Crippen molar-refractivity contribution >= 4 is 12.1 Å². The molecule has 0 aliphatic heterocycles. The van der Waals surface area contributed by atoms with Crippen LogP contribution in [0.15, 0.2) is 23.3 Å². The van der Waals surface area contributed by atoms with Gasteiger partial charge in [-0.1, -0.05) is 32.4 Å². The third-order valence-electron chi connectivity index (χ3n) is 6.62. The molecule has 1 fully saturated rings. The molecule has 3 atom stereocenters. The summed E-state index contributed by atoms with van der Waals surface area (Å²) < 4.78 is 0. The monoisotopic (exact) mass is 346 g/mol. The zero-order valence-electron chi connectivity index (χ0n) is 16.2. The average Bonchev–Trinajstić information content (AvgIpc) is 2.55. The zero-order chi connectivity index (χ0) is 18.9. The molecule has 1 saturated carbocycles. The Balaban J connectivity index is 2.66. The molecule has 0 saturated heterocycles. The van der Waals surface area contributed by atoms with Crippen LogP contribution in [0.4, 0.5) is 0 Å². The smallest absolute Gasteiger partial charge is 0.155 e. The van der Waals surface area contributed by atoms with E-state index >= 15 is 0 Å². The summed E-state index contributed by atoms with van der Waals surface area (Å²) in [6.45, 7) is 9.45. The van der Waals surface area contributed by atoms with Crippen LogP contribution in [0.1, 0.15) is 59.8 Å². The van der Waals surface area contributed by atoms with Gasteiger partial charge in [-0.2, -0.15) is 0 Å². The number of hydrogen-bond acceptors (Lipinski definition) is 4. The maximum atomic E-state index is 12.3. The Kier molecular flexibility index (Phi) is 5.75. The number of aldehydes is 1. The summed E-state index contributed by atoms with van der Waals surface area (Å²) in [7, 11) is 0. The summed E-state index contributed by atoms with van der Waals surface area (Å²) >= 11 is 0. The van der Waals surface area contributed by atoms with Gasteiger partial charge in [-0.3, -0.25) is 4.79 Å². The van der Waals surface area contributed by atoms with Gasteiger partial charge in [0.1, 0.15) is 6.29 Å². The molecule has 0 amide bonds. The van der Waals surface area contributed by atoms with E-state index in [1.165, 1.54) is 5.57 Å². The molecule has 0 bridgehead atoms. The van der Waals surface area contributed by atoms with Gasteiger partial charge in [0, 0.05) is 29.2 Å². The highest BCUT2D eigenvalue weighted by Gasteiger charge is 2.55. The van der Waals surface area contributed by atoms with Crippen LogP contribution in [-0.4, -0.2) is 25.2 Å². The fraction of sp³-hybridized carbons (Fsp3) is 0.714. The maximum absolute atomic E-state index is 12.3. The van der Waals surface area contributed by atoms with Crippen molar-refractivity contribution in [1.29, 1.82) is 0 Å². The van der Waals surface area contributed by atoms with Crippen molar-refractivity contribution in [3.05, 3.63) is 23.3 Å². The van der Waals surface area contributed by atoms with E-state index in [9.17, 15) is 9.59 Å². The van der Waals surface area contributed by atoms with Gasteiger partial charge >= 0.3 is 0 Å². The number of fused-ring (bicyclic) bond motifs is 1. The summed E-state index contributed by atoms with van der Waals surface area (Å²) in [5.74, 6) is 0.321. The molecule has 0 aromatic rings. The molecule has 140 valence electrons. The van der Waals surface area contributed by atoms with E-state index in [0.717, 1.165) is 37.5 Å². The third-order valence-corrected chi connectivity index (χ3v) is 6.62. The normalized spacial score (nSPS) is 33.7. The average molecular weight is 347 g/mol. The van der Waals surface area contributed by atoms with E-state index in [1.54, 1.807) is 0 Å². The first-order chi connectivity index (χ1) is 11.6. The predicted molar refractivity (Wildman–Crippen MR) is 102 cm³/mol. The predicted octanol–water partition coefficient (Wildman–Crippen LogP) is 3.16. The third kappa shape index (κ3) is 3.52. The second-order valence-corrected chi connectivity index (χ2v) is 8.85. The number of carbonyl (C=O) groups excluding carboxylic acids is 2. The fourth-order valence-corrected chi connectivity index (χ4v) is 5.31. The molecule has 0 aromatic heterocycles. The number of nitrogens with two attached hydrogens (primary N) is 2. The SMILES string of the molecule is C/C(=C\C1(C)C2=CC(=O)CCC2(CN)CCC1C(C)(C)C=O)CCN. The molecule has 4 nitrogen and oxygen atoms in total.